The highest BCUT2D eigenvalue weighted by Gasteiger charge is 2.26. The monoisotopic (exact) mass is 194 g/mol. The molecule has 4 nitrogen and oxygen atoms in total. The van der Waals surface area contributed by atoms with Crippen LogP contribution in [0.1, 0.15) is 31.4 Å². The Morgan fingerprint density at radius 1 is 1.64 bits per heavy atom. The van der Waals surface area contributed by atoms with Gasteiger partial charge in [0.05, 0.1) is 11.9 Å². The summed E-state index contributed by atoms with van der Waals surface area (Å²) in [7, 11) is 1.88. The molecule has 1 saturated heterocycles. The van der Waals surface area contributed by atoms with E-state index in [1.165, 1.54) is 18.5 Å². The number of aryl methyl sites for hydroxylation is 1. The van der Waals surface area contributed by atoms with Crippen LogP contribution in [0.25, 0.3) is 0 Å². The molecule has 2 unspecified atom stereocenters. The van der Waals surface area contributed by atoms with Gasteiger partial charge >= 0.3 is 0 Å². The Hall–Kier alpha value is -0.900. The van der Waals surface area contributed by atoms with Crippen LogP contribution in [0, 0.1) is 5.92 Å². The molecule has 0 saturated carbocycles. The first kappa shape index (κ1) is 9.65. The van der Waals surface area contributed by atoms with Gasteiger partial charge in [-0.15, -0.1) is 0 Å². The van der Waals surface area contributed by atoms with Crippen LogP contribution in [0.3, 0.4) is 0 Å². The minimum absolute atomic E-state index is 0.606. The maximum atomic E-state index is 4.41. The fourth-order valence-corrected chi connectivity index (χ4v) is 2.27. The molecule has 0 aliphatic carbocycles. The number of rotatable bonds is 2. The van der Waals surface area contributed by atoms with Crippen LogP contribution in [0.15, 0.2) is 6.20 Å². The Bertz CT molecular complexity index is 294. The molecule has 78 valence electrons. The molecular formula is C10H18N4. The summed E-state index contributed by atoms with van der Waals surface area (Å²) >= 11 is 0. The molecule has 0 bridgehead atoms. The van der Waals surface area contributed by atoms with Gasteiger partial charge in [0, 0.05) is 13.0 Å². The normalized spacial score (nSPS) is 27.9. The van der Waals surface area contributed by atoms with E-state index in [1.807, 2.05) is 13.2 Å². The summed E-state index contributed by atoms with van der Waals surface area (Å²) in [6.07, 6.45) is 4.32. The van der Waals surface area contributed by atoms with E-state index in [0.717, 1.165) is 19.0 Å². The summed E-state index contributed by atoms with van der Waals surface area (Å²) in [6.45, 7) is 4.48. The smallest absolute Gasteiger partial charge is 0.0861 e. The average Bonchev–Trinajstić information content (AvgIpc) is 2.65. The fourth-order valence-electron chi connectivity index (χ4n) is 2.27. The van der Waals surface area contributed by atoms with Gasteiger partial charge in [0.1, 0.15) is 0 Å². The van der Waals surface area contributed by atoms with E-state index in [9.17, 15) is 0 Å². The van der Waals surface area contributed by atoms with Gasteiger partial charge in [-0.3, -0.25) is 0 Å². The Balaban J connectivity index is 2.14. The number of hydrogen-bond donors (Lipinski definition) is 1. The minimum Gasteiger partial charge on any atom is -0.316 e. The first-order chi connectivity index (χ1) is 6.81. The van der Waals surface area contributed by atoms with Crippen molar-refractivity contribution in [3.05, 3.63) is 11.9 Å². The fraction of sp³-hybridized carbons (Fsp3) is 0.800. The third kappa shape index (κ3) is 1.80. The molecule has 2 atom stereocenters. The lowest BCUT2D eigenvalue weighted by Gasteiger charge is -2.29. The molecule has 1 aliphatic rings. The SMILES string of the molecule is CCC1CNCCC1c1cnn(C)n1. The molecule has 1 N–H and O–H groups in total. The molecule has 1 aromatic rings. The zero-order chi connectivity index (χ0) is 9.97. The Kier molecular flexibility index (Phi) is 2.82. The number of nitrogens with zero attached hydrogens (tertiary/aromatic N) is 3. The molecule has 0 radical (unpaired) electrons. The largest absolute Gasteiger partial charge is 0.316 e. The van der Waals surface area contributed by atoms with Gasteiger partial charge in [-0.05, 0) is 25.4 Å². The molecule has 1 aromatic heterocycles. The van der Waals surface area contributed by atoms with E-state index < -0.39 is 0 Å². The summed E-state index contributed by atoms with van der Waals surface area (Å²) in [6, 6.07) is 0. The summed E-state index contributed by atoms with van der Waals surface area (Å²) < 4.78 is 0. The lowest BCUT2D eigenvalue weighted by Crippen LogP contribution is -2.35. The summed E-state index contributed by atoms with van der Waals surface area (Å²) in [4.78, 5) is 1.66. The van der Waals surface area contributed by atoms with Crippen LogP contribution in [0.5, 0.6) is 0 Å². The standard InChI is InChI=1S/C10H18N4/c1-3-8-6-11-5-4-9(8)10-7-12-14(2)13-10/h7-9,11H,3-6H2,1-2H3. The molecular weight excluding hydrogens is 176 g/mol. The van der Waals surface area contributed by atoms with Crippen molar-refractivity contribution < 1.29 is 0 Å². The molecule has 2 rings (SSSR count). The van der Waals surface area contributed by atoms with Crippen LogP contribution < -0.4 is 5.32 Å². The summed E-state index contributed by atoms with van der Waals surface area (Å²) in [5.74, 6) is 1.33. The predicted molar refractivity (Wildman–Crippen MR) is 55.0 cm³/mol. The van der Waals surface area contributed by atoms with Gasteiger partial charge in [-0.1, -0.05) is 13.3 Å². The highest BCUT2D eigenvalue weighted by atomic mass is 15.4. The minimum atomic E-state index is 0.606. The maximum absolute atomic E-state index is 4.41. The second-order valence-corrected chi connectivity index (χ2v) is 4.03. The Morgan fingerprint density at radius 3 is 3.14 bits per heavy atom. The van der Waals surface area contributed by atoms with Crippen LogP contribution in [0.4, 0.5) is 0 Å². The highest BCUT2D eigenvalue weighted by Crippen LogP contribution is 2.30. The van der Waals surface area contributed by atoms with Crippen molar-refractivity contribution in [2.24, 2.45) is 13.0 Å². The van der Waals surface area contributed by atoms with E-state index in [2.05, 4.69) is 22.4 Å². The van der Waals surface area contributed by atoms with Gasteiger partial charge in [-0.25, -0.2) is 0 Å². The second-order valence-electron chi connectivity index (χ2n) is 4.03. The first-order valence-corrected chi connectivity index (χ1v) is 5.38. The van der Waals surface area contributed by atoms with E-state index in [1.54, 1.807) is 4.80 Å². The molecule has 0 amide bonds. The third-order valence-corrected chi connectivity index (χ3v) is 3.13. The molecule has 14 heavy (non-hydrogen) atoms. The van der Waals surface area contributed by atoms with Crippen molar-refractivity contribution in [2.45, 2.75) is 25.7 Å². The van der Waals surface area contributed by atoms with Gasteiger partial charge < -0.3 is 5.32 Å². The molecule has 1 aliphatic heterocycles. The van der Waals surface area contributed by atoms with Crippen LogP contribution in [0.2, 0.25) is 0 Å². The van der Waals surface area contributed by atoms with Gasteiger partial charge in [-0.2, -0.15) is 15.0 Å². The van der Waals surface area contributed by atoms with Crippen LogP contribution in [-0.2, 0) is 7.05 Å². The summed E-state index contributed by atoms with van der Waals surface area (Å²) in [5.41, 5.74) is 1.17. The van der Waals surface area contributed by atoms with E-state index in [-0.39, 0.29) is 0 Å². The zero-order valence-electron chi connectivity index (χ0n) is 8.90. The number of hydrogen-bond acceptors (Lipinski definition) is 3. The lowest BCUT2D eigenvalue weighted by molar-refractivity contribution is 0.312. The third-order valence-electron chi connectivity index (χ3n) is 3.13. The maximum Gasteiger partial charge on any atom is 0.0861 e. The van der Waals surface area contributed by atoms with Crippen molar-refractivity contribution in [3.8, 4) is 0 Å². The number of nitrogens with one attached hydrogen (secondary N) is 1. The lowest BCUT2D eigenvalue weighted by atomic mass is 9.83. The van der Waals surface area contributed by atoms with Crippen molar-refractivity contribution in [1.29, 1.82) is 0 Å². The predicted octanol–water partition coefficient (Wildman–Crippen LogP) is 0.918. The first-order valence-electron chi connectivity index (χ1n) is 5.38. The van der Waals surface area contributed by atoms with E-state index >= 15 is 0 Å². The van der Waals surface area contributed by atoms with Gasteiger partial charge in [0.15, 0.2) is 0 Å². The molecule has 4 heteroatoms. The number of piperidine rings is 1. The zero-order valence-corrected chi connectivity index (χ0v) is 8.90. The van der Waals surface area contributed by atoms with Crippen molar-refractivity contribution in [3.63, 3.8) is 0 Å². The second kappa shape index (κ2) is 4.09. The Labute approximate surface area is 84.7 Å². The van der Waals surface area contributed by atoms with Crippen molar-refractivity contribution in [2.75, 3.05) is 13.1 Å². The van der Waals surface area contributed by atoms with Gasteiger partial charge in [0.25, 0.3) is 0 Å². The number of aromatic nitrogens is 3. The van der Waals surface area contributed by atoms with Gasteiger partial charge in [0.2, 0.25) is 0 Å². The topological polar surface area (TPSA) is 42.7 Å². The summed E-state index contributed by atoms with van der Waals surface area (Å²) in [5, 5.41) is 12.0. The quantitative estimate of drug-likeness (QED) is 0.761. The Morgan fingerprint density at radius 2 is 2.50 bits per heavy atom. The van der Waals surface area contributed by atoms with Crippen molar-refractivity contribution in [1.82, 2.24) is 20.3 Å². The molecule has 0 spiro atoms. The molecule has 0 aromatic carbocycles. The highest BCUT2D eigenvalue weighted by molar-refractivity contribution is 5.05. The van der Waals surface area contributed by atoms with Crippen LogP contribution >= 0.6 is 0 Å². The molecule has 1 fully saturated rings. The van der Waals surface area contributed by atoms with Crippen molar-refractivity contribution >= 4 is 0 Å². The van der Waals surface area contributed by atoms with E-state index in [0.29, 0.717) is 5.92 Å². The van der Waals surface area contributed by atoms with E-state index in [4.69, 9.17) is 0 Å². The van der Waals surface area contributed by atoms with Crippen LogP contribution in [-0.4, -0.2) is 28.1 Å². The average molecular weight is 194 g/mol. The molecule has 2 heterocycles.